The van der Waals surface area contributed by atoms with E-state index < -0.39 is 0 Å². The van der Waals surface area contributed by atoms with E-state index >= 15 is 0 Å². The average Bonchev–Trinajstić information content (AvgIpc) is 2.65. The highest BCUT2D eigenvalue weighted by Gasteiger charge is 2.06. The third-order valence-corrected chi connectivity index (χ3v) is 3.56. The summed E-state index contributed by atoms with van der Waals surface area (Å²) in [5, 5.41) is 9.06. The van der Waals surface area contributed by atoms with E-state index in [-0.39, 0.29) is 0 Å². The van der Waals surface area contributed by atoms with Crippen LogP contribution in [0.25, 0.3) is 0 Å². The Hall–Kier alpha value is -0.810. The van der Waals surface area contributed by atoms with Crippen molar-refractivity contribution < 1.29 is 0 Å². The molecule has 5 heteroatoms. The number of rotatable bonds is 6. The lowest BCUT2D eigenvalue weighted by molar-refractivity contribution is 0.734. The predicted octanol–water partition coefficient (Wildman–Crippen LogP) is 2.11. The highest BCUT2D eigenvalue weighted by molar-refractivity contribution is 7.99. The maximum absolute atomic E-state index is 5.53. The van der Waals surface area contributed by atoms with Gasteiger partial charge in [0.15, 0.2) is 5.16 Å². The Labute approximate surface area is 101 Å². The second-order valence-electron chi connectivity index (χ2n) is 3.70. The van der Waals surface area contributed by atoms with Crippen LogP contribution in [0.15, 0.2) is 16.8 Å². The first-order chi connectivity index (χ1) is 7.69. The number of aromatic nitrogens is 3. The monoisotopic (exact) mass is 240 g/mol. The van der Waals surface area contributed by atoms with Crippen molar-refractivity contribution in [1.29, 1.82) is 0 Å². The van der Waals surface area contributed by atoms with Crippen molar-refractivity contribution in [1.82, 2.24) is 14.8 Å². The van der Waals surface area contributed by atoms with Gasteiger partial charge in [-0.05, 0) is 19.8 Å². The van der Waals surface area contributed by atoms with Gasteiger partial charge in [-0.3, -0.25) is 0 Å². The fraction of sp³-hybridized carbons (Fsp3) is 0.636. The lowest BCUT2D eigenvalue weighted by Crippen LogP contribution is -2.05. The number of hydrogen-bond acceptors (Lipinski definition) is 4. The molecular formula is C11H20N4S. The number of allylic oxidation sites excluding steroid dienone is 2. The maximum Gasteiger partial charge on any atom is 0.190 e. The molecular weight excluding hydrogens is 220 g/mol. The van der Waals surface area contributed by atoms with Gasteiger partial charge >= 0.3 is 0 Å². The molecule has 0 bridgehead atoms. The van der Waals surface area contributed by atoms with Gasteiger partial charge in [-0.1, -0.05) is 30.3 Å². The topological polar surface area (TPSA) is 56.7 Å². The molecule has 1 aromatic heterocycles. The number of nitrogens with two attached hydrogens (primary N) is 1. The summed E-state index contributed by atoms with van der Waals surface area (Å²) >= 11 is 1.72. The normalized spacial score (nSPS) is 12.1. The Morgan fingerprint density at radius 2 is 2.25 bits per heavy atom. The molecule has 0 aliphatic rings. The summed E-state index contributed by atoms with van der Waals surface area (Å²) in [5.74, 6) is 1.87. The highest BCUT2D eigenvalue weighted by atomic mass is 32.2. The zero-order valence-electron chi connectivity index (χ0n) is 10.2. The Kier molecular flexibility index (Phi) is 5.55. The number of thioether (sulfide) groups is 1. The average molecular weight is 240 g/mol. The first-order valence-electron chi connectivity index (χ1n) is 5.55. The van der Waals surface area contributed by atoms with Crippen LogP contribution < -0.4 is 5.73 Å². The molecule has 0 aliphatic carbocycles. The van der Waals surface area contributed by atoms with Crippen LogP contribution >= 0.6 is 11.8 Å². The summed E-state index contributed by atoms with van der Waals surface area (Å²) in [6, 6.07) is 0. The molecule has 0 spiro atoms. The van der Waals surface area contributed by atoms with Crippen molar-refractivity contribution in [3.8, 4) is 0 Å². The van der Waals surface area contributed by atoms with E-state index in [1.807, 2.05) is 11.6 Å². The second-order valence-corrected chi connectivity index (χ2v) is 4.77. The number of hydrogen-bond donors (Lipinski definition) is 1. The molecule has 1 rings (SSSR count). The minimum atomic E-state index is 0.443. The summed E-state index contributed by atoms with van der Waals surface area (Å²) in [4.78, 5) is 0. The van der Waals surface area contributed by atoms with Crippen molar-refractivity contribution in [2.45, 2.75) is 38.4 Å². The zero-order valence-corrected chi connectivity index (χ0v) is 11.0. The van der Waals surface area contributed by atoms with Crippen LogP contribution in [0.3, 0.4) is 0 Å². The van der Waals surface area contributed by atoms with Gasteiger partial charge in [0, 0.05) is 12.8 Å². The van der Waals surface area contributed by atoms with Crippen molar-refractivity contribution in [3.63, 3.8) is 0 Å². The lowest BCUT2D eigenvalue weighted by Gasteiger charge is -2.01. The zero-order chi connectivity index (χ0) is 12.0. The molecule has 0 saturated carbocycles. The minimum absolute atomic E-state index is 0.443. The largest absolute Gasteiger partial charge is 0.324 e. The smallest absolute Gasteiger partial charge is 0.190 e. The van der Waals surface area contributed by atoms with Gasteiger partial charge in [0.2, 0.25) is 0 Å². The molecule has 0 unspecified atom stereocenters. The molecule has 0 atom stereocenters. The summed E-state index contributed by atoms with van der Waals surface area (Å²) in [5.41, 5.74) is 6.98. The quantitative estimate of drug-likeness (QED) is 0.470. The van der Waals surface area contributed by atoms with E-state index in [4.69, 9.17) is 5.73 Å². The molecule has 1 heterocycles. The molecule has 16 heavy (non-hydrogen) atoms. The number of nitrogens with zero attached hydrogens (tertiary/aromatic N) is 3. The van der Waals surface area contributed by atoms with E-state index in [2.05, 4.69) is 30.1 Å². The molecule has 0 radical (unpaired) electrons. The molecule has 0 saturated heterocycles. The molecule has 1 aromatic rings. The van der Waals surface area contributed by atoms with Crippen molar-refractivity contribution in [2.24, 2.45) is 12.8 Å². The van der Waals surface area contributed by atoms with Gasteiger partial charge in [-0.15, -0.1) is 10.2 Å². The van der Waals surface area contributed by atoms with E-state index in [1.165, 1.54) is 5.57 Å². The first kappa shape index (κ1) is 13.3. The van der Waals surface area contributed by atoms with Crippen LogP contribution in [0.4, 0.5) is 0 Å². The predicted molar refractivity (Wildman–Crippen MR) is 68.3 cm³/mol. The van der Waals surface area contributed by atoms with Gasteiger partial charge in [0.1, 0.15) is 5.82 Å². The molecule has 0 amide bonds. The van der Waals surface area contributed by atoms with Crippen molar-refractivity contribution in [3.05, 3.63) is 17.5 Å². The summed E-state index contributed by atoms with van der Waals surface area (Å²) in [6.07, 6.45) is 4.49. The Morgan fingerprint density at radius 1 is 1.50 bits per heavy atom. The summed E-state index contributed by atoms with van der Waals surface area (Å²) < 4.78 is 1.96. The van der Waals surface area contributed by atoms with Gasteiger partial charge in [-0.2, -0.15) is 0 Å². The molecule has 2 N–H and O–H groups in total. The second kappa shape index (κ2) is 6.70. The van der Waals surface area contributed by atoms with Crippen LogP contribution in [0, 0.1) is 0 Å². The molecule has 0 aromatic carbocycles. The van der Waals surface area contributed by atoms with E-state index in [0.29, 0.717) is 6.54 Å². The van der Waals surface area contributed by atoms with Crippen LogP contribution in [0.5, 0.6) is 0 Å². The van der Waals surface area contributed by atoms with E-state index in [1.54, 1.807) is 11.8 Å². The van der Waals surface area contributed by atoms with E-state index in [0.717, 1.165) is 29.6 Å². The maximum atomic E-state index is 5.53. The van der Waals surface area contributed by atoms with Gasteiger partial charge < -0.3 is 10.3 Å². The fourth-order valence-electron chi connectivity index (χ4n) is 1.25. The molecule has 0 aliphatic heterocycles. The fourth-order valence-corrected chi connectivity index (χ4v) is 2.06. The summed E-state index contributed by atoms with van der Waals surface area (Å²) in [7, 11) is 1.96. The van der Waals surface area contributed by atoms with Gasteiger partial charge in [0.05, 0.1) is 6.54 Å². The molecule has 4 nitrogen and oxygen atoms in total. The Morgan fingerprint density at radius 3 is 2.81 bits per heavy atom. The third-order valence-electron chi connectivity index (χ3n) is 2.51. The van der Waals surface area contributed by atoms with Crippen molar-refractivity contribution >= 4 is 11.8 Å². The Bertz CT molecular complexity index is 357. The van der Waals surface area contributed by atoms with E-state index in [9.17, 15) is 0 Å². The van der Waals surface area contributed by atoms with Gasteiger partial charge in [0.25, 0.3) is 0 Å². The standard InChI is InChI=1S/C11H20N4S/c1-4-9(2)6-5-7-16-11-14-13-10(8-12)15(11)3/h6H,4-5,7-8,12H2,1-3H3/b9-6+. The first-order valence-corrected chi connectivity index (χ1v) is 6.54. The van der Waals surface area contributed by atoms with Crippen LogP contribution in [0.1, 0.15) is 32.5 Å². The van der Waals surface area contributed by atoms with Crippen LogP contribution in [0.2, 0.25) is 0 Å². The molecule has 90 valence electrons. The van der Waals surface area contributed by atoms with Crippen LogP contribution in [-0.2, 0) is 13.6 Å². The molecule has 0 fully saturated rings. The Balaban J connectivity index is 2.40. The van der Waals surface area contributed by atoms with Crippen LogP contribution in [-0.4, -0.2) is 20.5 Å². The van der Waals surface area contributed by atoms with Crippen molar-refractivity contribution in [2.75, 3.05) is 5.75 Å². The highest BCUT2D eigenvalue weighted by Crippen LogP contribution is 2.17. The lowest BCUT2D eigenvalue weighted by atomic mass is 10.2. The third kappa shape index (κ3) is 3.64. The SMILES string of the molecule is CC/C(C)=C/CCSc1nnc(CN)n1C. The summed E-state index contributed by atoms with van der Waals surface area (Å²) in [6.45, 7) is 4.79. The van der Waals surface area contributed by atoms with Gasteiger partial charge in [-0.25, -0.2) is 0 Å². The minimum Gasteiger partial charge on any atom is -0.324 e.